The molecule has 1 aromatic carbocycles. The number of aromatic nitrogens is 2. The molecule has 1 heterocycles. The number of carbonyl (C=O) groups is 1. The molecule has 0 fully saturated rings. The quantitative estimate of drug-likeness (QED) is 0.785. The number of nitrogens with zero attached hydrogens (tertiary/aromatic N) is 2. The van der Waals surface area contributed by atoms with Gasteiger partial charge < -0.3 is 0 Å². The Morgan fingerprint density at radius 2 is 2.06 bits per heavy atom. The third kappa shape index (κ3) is 2.09. The van der Waals surface area contributed by atoms with Crippen molar-refractivity contribution in [2.75, 3.05) is 7.11 Å². The van der Waals surface area contributed by atoms with Gasteiger partial charge in [-0.15, -0.1) is 0 Å². The van der Waals surface area contributed by atoms with Crippen LogP contribution >= 0.6 is 0 Å². The molecule has 2 rings (SSSR count). The van der Waals surface area contributed by atoms with Crippen LogP contribution in [-0.4, -0.2) is 22.8 Å². The van der Waals surface area contributed by atoms with Crippen LogP contribution in [0.25, 0.3) is 5.69 Å². The first-order valence-electron chi connectivity index (χ1n) is 4.75. The Kier molecular flexibility index (Phi) is 2.98. The van der Waals surface area contributed by atoms with E-state index in [2.05, 4.69) is 15.4 Å². The Balaban J connectivity index is 2.23. The largest absolute Gasteiger partial charge is 0.295 e. The minimum Gasteiger partial charge on any atom is -0.277 e. The van der Waals surface area contributed by atoms with E-state index in [1.54, 1.807) is 16.9 Å². The first kappa shape index (κ1) is 10.4. The molecular weight excluding hydrogens is 206 g/mol. The van der Waals surface area contributed by atoms with Gasteiger partial charge in [0.25, 0.3) is 5.91 Å². The Morgan fingerprint density at radius 3 is 2.75 bits per heavy atom. The highest BCUT2D eigenvalue weighted by Gasteiger charge is 2.08. The molecule has 0 spiro atoms. The van der Waals surface area contributed by atoms with E-state index in [1.165, 1.54) is 7.11 Å². The van der Waals surface area contributed by atoms with Crippen LogP contribution in [0.5, 0.6) is 0 Å². The van der Waals surface area contributed by atoms with Gasteiger partial charge in [0.2, 0.25) is 0 Å². The van der Waals surface area contributed by atoms with E-state index in [0.717, 1.165) is 5.69 Å². The van der Waals surface area contributed by atoms with Crippen molar-refractivity contribution >= 4 is 5.91 Å². The second kappa shape index (κ2) is 4.59. The van der Waals surface area contributed by atoms with Gasteiger partial charge in [-0.2, -0.15) is 5.10 Å². The lowest BCUT2D eigenvalue weighted by atomic mass is 10.3. The molecule has 0 unspecified atom stereocenters. The fraction of sp³-hybridized carbons (Fsp3) is 0.0909. The van der Waals surface area contributed by atoms with Crippen LogP contribution in [0, 0.1) is 0 Å². The predicted molar refractivity (Wildman–Crippen MR) is 58.0 cm³/mol. The van der Waals surface area contributed by atoms with Gasteiger partial charge in [-0.1, -0.05) is 18.2 Å². The van der Waals surface area contributed by atoms with Crippen LogP contribution in [0.2, 0.25) is 0 Å². The molecule has 1 aromatic heterocycles. The maximum Gasteiger partial charge on any atom is 0.295 e. The Bertz CT molecular complexity index is 479. The average Bonchev–Trinajstić information content (AvgIpc) is 2.80. The lowest BCUT2D eigenvalue weighted by molar-refractivity contribution is 0.0532. The Hall–Kier alpha value is -2.14. The molecule has 1 N–H and O–H groups in total. The Morgan fingerprint density at radius 1 is 1.31 bits per heavy atom. The maximum atomic E-state index is 11.4. The van der Waals surface area contributed by atoms with Crippen LogP contribution in [-0.2, 0) is 4.84 Å². The number of hydrogen-bond acceptors (Lipinski definition) is 3. The van der Waals surface area contributed by atoms with E-state index in [1.807, 2.05) is 30.3 Å². The smallest absolute Gasteiger partial charge is 0.277 e. The summed E-state index contributed by atoms with van der Waals surface area (Å²) in [5.41, 5.74) is 3.42. The van der Waals surface area contributed by atoms with Gasteiger partial charge in [0.05, 0.1) is 12.8 Å². The average molecular weight is 217 g/mol. The second-order valence-corrected chi connectivity index (χ2v) is 3.12. The molecule has 0 aliphatic carbocycles. The van der Waals surface area contributed by atoms with Crippen LogP contribution < -0.4 is 5.48 Å². The number of carbonyl (C=O) groups excluding carboxylic acids is 1. The summed E-state index contributed by atoms with van der Waals surface area (Å²) in [5, 5.41) is 4.12. The van der Waals surface area contributed by atoms with E-state index >= 15 is 0 Å². The van der Waals surface area contributed by atoms with Crippen molar-refractivity contribution in [1.29, 1.82) is 0 Å². The summed E-state index contributed by atoms with van der Waals surface area (Å²) in [5.74, 6) is -0.364. The predicted octanol–water partition coefficient (Wildman–Crippen LogP) is 1.16. The standard InChI is InChI=1S/C11H11N3O2/c1-16-13-11(15)10-7-8-14(12-10)9-5-3-2-4-6-9/h2-8H,1H3,(H,13,15). The number of para-hydroxylation sites is 1. The number of hydrogen-bond donors (Lipinski definition) is 1. The van der Waals surface area contributed by atoms with E-state index in [4.69, 9.17) is 0 Å². The summed E-state index contributed by atoms with van der Waals surface area (Å²) < 4.78 is 1.63. The summed E-state index contributed by atoms with van der Waals surface area (Å²) in [4.78, 5) is 15.9. The molecule has 0 aliphatic heterocycles. The van der Waals surface area contributed by atoms with Crippen molar-refractivity contribution in [1.82, 2.24) is 15.3 Å². The molecule has 0 atom stereocenters. The van der Waals surface area contributed by atoms with Gasteiger partial charge in [-0.05, 0) is 18.2 Å². The SMILES string of the molecule is CONC(=O)c1ccn(-c2ccccc2)n1. The molecule has 2 aromatic rings. The van der Waals surface area contributed by atoms with Gasteiger partial charge in [0.15, 0.2) is 5.69 Å². The molecule has 5 nitrogen and oxygen atoms in total. The molecule has 82 valence electrons. The molecule has 0 saturated carbocycles. The molecule has 0 bridgehead atoms. The normalized spacial score (nSPS) is 10.1. The van der Waals surface area contributed by atoms with Crippen LogP contribution in [0.4, 0.5) is 0 Å². The number of hydroxylamine groups is 1. The molecule has 1 amide bonds. The van der Waals surface area contributed by atoms with Gasteiger partial charge in [0, 0.05) is 6.20 Å². The number of nitrogens with one attached hydrogen (secondary N) is 1. The molecule has 0 aliphatic rings. The topological polar surface area (TPSA) is 56.1 Å². The Labute approximate surface area is 92.6 Å². The van der Waals surface area contributed by atoms with Gasteiger partial charge in [-0.3, -0.25) is 9.63 Å². The first-order valence-corrected chi connectivity index (χ1v) is 4.75. The maximum absolute atomic E-state index is 11.4. The molecule has 0 saturated heterocycles. The molecular formula is C11H11N3O2. The zero-order chi connectivity index (χ0) is 11.4. The fourth-order valence-corrected chi connectivity index (χ4v) is 1.31. The van der Waals surface area contributed by atoms with Gasteiger partial charge in [0.1, 0.15) is 0 Å². The van der Waals surface area contributed by atoms with Gasteiger partial charge in [-0.25, -0.2) is 10.2 Å². The van der Waals surface area contributed by atoms with Crippen molar-refractivity contribution in [3.8, 4) is 5.69 Å². The molecule has 16 heavy (non-hydrogen) atoms. The summed E-state index contributed by atoms with van der Waals surface area (Å²) in [6.07, 6.45) is 1.72. The van der Waals surface area contributed by atoms with Crippen molar-refractivity contribution in [2.45, 2.75) is 0 Å². The lowest BCUT2D eigenvalue weighted by Crippen LogP contribution is -2.22. The summed E-state index contributed by atoms with van der Waals surface area (Å²) in [7, 11) is 1.38. The summed E-state index contributed by atoms with van der Waals surface area (Å²) >= 11 is 0. The second-order valence-electron chi connectivity index (χ2n) is 3.12. The highest BCUT2D eigenvalue weighted by atomic mass is 16.6. The summed E-state index contributed by atoms with van der Waals surface area (Å²) in [6, 6.07) is 11.2. The number of benzene rings is 1. The minimum atomic E-state index is -0.364. The van der Waals surface area contributed by atoms with E-state index in [9.17, 15) is 4.79 Å². The van der Waals surface area contributed by atoms with Crippen LogP contribution in [0.3, 0.4) is 0 Å². The molecule has 0 radical (unpaired) electrons. The van der Waals surface area contributed by atoms with E-state index < -0.39 is 0 Å². The fourth-order valence-electron chi connectivity index (χ4n) is 1.31. The molecule has 5 heteroatoms. The van der Waals surface area contributed by atoms with E-state index in [-0.39, 0.29) is 5.91 Å². The van der Waals surface area contributed by atoms with E-state index in [0.29, 0.717) is 5.69 Å². The minimum absolute atomic E-state index is 0.311. The lowest BCUT2D eigenvalue weighted by Gasteiger charge is -2.00. The number of amides is 1. The van der Waals surface area contributed by atoms with Crippen LogP contribution in [0.15, 0.2) is 42.6 Å². The first-order chi connectivity index (χ1) is 7.81. The summed E-state index contributed by atoms with van der Waals surface area (Å²) in [6.45, 7) is 0. The van der Waals surface area contributed by atoms with Crippen molar-refractivity contribution < 1.29 is 9.63 Å². The van der Waals surface area contributed by atoms with Gasteiger partial charge >= 0.3 is 0 Å². The zero-order valence-corrected chi connectivity index (χ0v) is 8.75. The highest BCUT2D eigenvalue weighted by Crippen LogP contribution is 2.06. The van der Waals surface area contributed by atoms with Crippen LogP contribution in [0.1, 0.15) is 10.5 Å². The third-order valence-electron chi connectivity index (χ3n) is 2.04. The third-order valence-corrected chi connectivity index (χ3v) is 2.04. The number of rotatable bonds is 3. The van der Waals surface area contributed by atoms with Crippen molar-refractivity contribution in [3.63, 3.8) is 0 Å². The highest BCUT2D eigenvalue weighted by molar-refractivity contribution is 5.91. The van der Waals surface area contributed by atoms with Crippen molar-refractivity contribution in [3.05, 3.63) is 48.3 Å². The monoisotopic (exact) mass is 217 g/mol. The zero-order valence-electron chi connectivity index (χ0n) is 8.75. The van der Waals surface area contributed by atoms with Crippen molar-refractivity contribution in [2.24, 2.45) is 0 Å².